The van der Waals surface area contributed by atoms with Crippen LogP contribution in [0.1, 0.15) is 17.3 Å². The lowest BCUT2D eigenvalue weighted by Gasteiger charge is -2.30. The molecule has 1 fully saturated rings. The summed E-state index contributed by atoms with van der Waals surface area (Å²) in [6.07, 6.45) is -0.815. The van der Waals surface area contributed by atoms with E-state index >= 15 is 0 Å². The Labute approximate surface area is 162 Å². The molecular weight excluding hydrogens is 424 g/mol. The first kappa shape index (κ1) is 19.2. The van der Waals surface area contributed by atoms with Crippen LogP contribution in [0, 0.1) is 11.8 Å². The first-order valence-corrected chi connectivity index (χ1v) is 8.69. The normalized spacial score (nSPS) is 29.5. The van der Waals surface area contributed by atoms with Crippen LogP contribution in [0.15, 0.2) is 40.6 Å². The zero-order valence-electron chi connectivity index (χ0n) is 14.3. The molecule has 0 unspecified atom stereocenters. The lowest BCUT2D eigenvalue weighted by atomic mass is 9.81. The molecule has 0 bridgehead atoms. The standard InChI is InChI=1S/C18H15BrO8/c1-18(24)12-11(10(16(22)25-2)7-26-17(12)23)13(20)14(18)27-15(21)8-3-5-9(19)6-4-8/h3-7,11-12,14,24H,1-2H3/t11-,12-,14+,18-/m1/s1. The third-order valence-electron chi connectivity index (χ3n) is 4.68. The summed E-state index contributed by atoms with van der Waals surface area (Å²) >= 11 is 3.24. The van der Waals surface area contributed by atoms with Crippen LogP contribution < -0.4 is 0 Å². The fourth-order valence-electron chi connectivity index (χ4n) is 3.32. The fourth-order valence-corrected chi connectivity index (χ4v) is 3.59. The van der Waals surface area contributed by atoms with Gasteiger partial charge in [-0.2, -0.15) is 0 Å². The Balaban J connectivity index is 1.93. The van der Waals surface area contributed by atoms with Gasteiger partial charge in [0, 0.05) is 4.47 Å². The molecule has 1 N–H and O–H groups in total. The summed E-state index contributed by atoms with van der Waals surface area (Å²) in [5.41, 5.74) is -2.12. The van der Waals surface area contributed by atoms with E-state index in [1.165, 1.54) is 19.1 Å². The highest BCUT2D eigenvalue weighted by Gasteiger charge is 2.65. The molecule has 0 radical (unpaired) electrons. The second kappa shape index (κ2) is 6.90. The largest absolute Gasteiger partial charge is 0.466 e. The first-order chi connectivity index (χ1) is 12.7. The smallest absolute Gasteiger partial charge is 0.338 e. The van der Waals surface area contributed by atoms with Gasteiger partial charge in [-0.25, -0.2) is 9.59 Å². The van der Waals surface area contributed by atoms with E-state index in [2.05, 4.69) is 20.7 Å². The van der Waals surface area contributed by atoms with Crippen molar-refractivity contribution < 1.29 is 38.5 Å². The van der Waals surface area contributed by atoms with Crippen LogP contribution in [0.25, 0.3) is 0 Å². The molecule has 27 heavy (non-hydrogen) atoms. The molecule has 8 nitrogen and oxygen atoms in total. The number of carbonyl (C=O) groups excluding carboxylic acids is 4. The molecular formula is C18H15BrO8. The highest BCUT2D eigenvalue weighted by atomic mass is 79.9. The van der Waals surface area contributed by atoms with Gasteiger partial charge < -0.3 is 19.3 Å². The number of cyclic esters (lactones) is 1. The third-order valence-corrected chi connectivity index (χ3v) is 5.20. The molecule has 1 aromatic rings. The van der Waals surface area contributed by atoms with Gasteiger partial charge in [0.2, 0.25) is 0 Å². The number of benzene rings is 1. The first-order valence-electron chi connectivity index (χ1n) is 7.90. The van der Waals surface area contributed by atoms with Gasteiger partial charge in [0.05, 0.1) is 24.2 Å². The number of halogens is 1. The molecule has 142 valence electrons. The lowest BCUT2D eigenvalue weighted by molar-refractivity contribution is -0.159. The summed E-state index contributed by atoms with van der Waals surface area (Å²) in [4.78, 5) is 49.3. The molecule has 4 atom stereocenters. The van der Waals surface area contributed by atoms with Gasteiger partial charge in [-0.3, -0.25) is 9.59 Å². The molecule has 1 aliphatic carbocycles. The molecule has 3 rings (SSSR count). The van der Waals surface area contributed by atoms with Gasteiger partial charge in [-0.1, -0.05) is 15.9 Å². The van der Waals surface area contributed by atoms with E-state index in [1.54, 1.807) is 12.1 Å². The van der Waals surface area contributed by atoms with E-state index < -0.39 is 47.2 Å². The Bertz CT molecular complexity index is 855. The zero-order chi connectivity index (χ0) is 19.9. The maximum Gasteiger partial charge on any atom is 0.338 e. The van der Waals surface area contributed by atoms with Gasteiger partial charge in [0.15, 0.2) is 11.9 Å². The third kappa shape index (κ3) is 3.17. The van der Waals surface area contributed by atoms with Crippen LogP contribution in [-0.2, 0) is 28.6 Å². The number of rotatable bonds is 3. The van der Waals surface area contributed by atoms with Crippen molar-refractivity contribution in [2.75, 3.05) is 7.11 Å². The molecule has 0 amide bonds. The van der Waals surface area contributed by atoms with Crippen molar-refractivity contribution in [2.45, 2.75) is 18.6 Å². The van der Waals surface area contributed by atoms with Crippen LogP contribution in [0.4, 0.5) is 0 Å². The van der Waals surface area contributed by atoms with Gasteiger partial charge >= 0.3 is 17.9 Å². The topological polar surface area (TPSA) is 116 Å². The van der Waals surface area contributed by atoms with Crippen molar-refractivity contribution in [1.29, 1.82) is 0 Å². The lowest BCUT2D eigenvalue weighted by Crippen LogP contribution is -2.48. The molecule has 0 saturated heterocycles. The van der Waals surface area contributed by atoms with E-state index in [0.29, 0.717) is 0 Å². The number of ketones is 1. The molecule has 1 saturated carbocycles. The number of aliphatic hydroxyl groups is 1. The summed E-state index contributed by atoms with van der Waals surface area (Å²) in [7, 11) is 1.11. The quantitative estimate of drug-likeness (QED) is 0.551. The summed E-state index contributed by atoms with van der Waals surface area (Å²) in [5, 5.41) is 10.8. The van der Waals surface area contributed by atoms with Crippen molar-refractivity contribution in [3.8, 4) is 0 Å². The number of hydrogen-bond donors (Lipinski definition) is 1. The fraction of sp³-hybridized carbons (Fsp3) is 0.333. The Morgan fingerprint density at radius 2 is 1.81 bits per heavy atom. The molecule has 1 aromatic carbocycles. The summed E-state index contributed by atoms with van der Waals surface area (Å²) in [5.74, 6) is -6.11. The van der Waals surface area contributed by atoms with Crippen molar-refractivity contribution in [1.82, 2.24) is 0 Å². The average Bonchev–Trinajstić information content (AvgIpc) is 2.83. The minimum absolute atomic E-state index is 0.156. The molecule has 9 heteroatoms. The summed E-state index contributed by atoms with van der Waals surface area (Å²) in [6.45, 7) is 1.19. The molecule has 1 heterocycles. The van der Waals surface area contributed by atoms with E-state index in [9.17, 15) is 24.3 Å². The van der Waals surface area contributed by atoms with Crippen molar-refractivity contribution >= 4 is 39.6 Å². The van der Waals surface area contributed by atoms with E-state index in [4.69, 9.17) is 9.47 Å². The van der Waals surface area contributed by atoms with Crippen LogP contribution in [-0.4, -0.2) is 47.6 Å². The van der Waals surface area contributed by atoms with E-state index in [-0.39, 0.29) is 11.1 Å². The monoisotopic (exact) mass is 438 g/mol. The van der Waals surface area contributed by atoms with Crippen LogP contribution in [0.3, 0.4) is 0 Å². The Hall–Kier alpha value is -2.52. The number of fused-ring (bicyclic) bond motifs is 1. The molecule has 0 aromatic heterocycles. The van der Waals surface area contributed by atoms with Crippen LogP contribution in [0.2, 0.25) is 0 Å². The van der Waals surface area contributed by atoms with Crippen molar-refractivity contribution in [3.05, 3.63) is 46.1 Å². The predicted octanol–water partition coefficient (Wildman–Crippen LogP) is 1.15. The summed E-state index contributed by atoms with van der Waals surface area (Å²) < 4.78 is 15.4. The predicted molar refractivity (Wildman–Crippen MR) is 92.1 cm³/mol. The average molecular weight is 439 g/mol. The van der Waals surface area contributed by atoms with E-state index in [0.717, 1.165) is 17.8 Å². The highest BCUT2D eigenvalue weighted by molar-refractivity contribution is 9.10. The van der Waals surface area contributed by atoms with Crippen LogP contribution in [0.5, 0.6) is 0 Å². The molecule has 1 aliphatic heterocycles. The minimum atomic E-state index is -2.06. The maximum absolute atomic E-state index is 12.9. The Morgan fingerprint density at radius 3 is 2.41 bits per heavy atom. The highest BCUT2D eigenvalue weighted by Crippen LogP contribution is 2.46. The number of methoxy groups -OCH3 is 1. The van der Waals surface area contributed by atoms with Crippen molar-refractivity contribution in [2.24, 2.45) is 11.8 Å². The zero-order valence-corrected chi connectivity index (χ0v) is 15.9. The van der Waals surface area contributed by atoms with Gasteiger partial charge in [0.1, 0.15) is 17.8 Å². The second-order valence-electron chi connectivity index (χ2n) is 6.38. The molecule has 2 aliphatic rings. The van der Waals surface area contributed by atoms with Gasteiger partial charge in [0.25, 0.3) is 0 Å². The van der Waals surface area contributed by atoms with Crippen molar-refractivity contribution in [3.63, 3.8) is 0 Å². The maximum atomic E-state index is 12.9. The number of hydrogen-bond acceptors (Lipinski definition) is 8. The minimum Gasteiger partial charge on any atom is -0.466 e. The Kier molecular flexibility index (Phi) is 4.92. The number of esters is 3. The SMILES string of the molecule is COC(=O)C1=COC(=O)[C@H]2[C@@H]1C(=O)[C@H](OC(=O)c1ccc(Br)cc1)[C@]2(C)O. The number of ether oxygens (including phenoxy) is 3. The number of carbonyl (C=O) groups is 4. The Morgan fingerprint density at radius 1 is 1.19 bits per heavy atom. The van der Waals surface area contributed by atoms with Gasteiger partial charge in [-0.05, 0) is 31.2 Å². The van der Waals surface area contributed by atoms with Crippen LogP contribution >= 0.6 is 15.9 Å². The van der Waals surface area contributed by atoms with E-state index in [1.807, 2.05) is 0 Å². The van der Waals surface area contributed by atoms with Gasteiger partial charge in [-0.15, -0.1) is 0 Å². The molecule has 0 spiro atoms. The number of Topliss-reactive ketones (excluding diaryl/α,β-unsaturated/α-hetero) is 1. The summed E-state index contributed by atoms with van der Waals surface area (Å²) in [6, 6.07) is 6.17. The second-order valence-corrected chi connectivity index (χ2v) is 7.29.